The van der Waals surface area contributed by atoms with Gasteiger partial charge in [-0.15, -0.1) is 11.3 Å². The number of rotatable bonds is 6. The SMILES string of the molecule is CCOC(=O)C1=C(Cn2nc(-c3ccc(C)s3)ccc2=O)NC(=O)NC1c1ccco1. The second-order valence-electron chi connectivity index (χ2n) is 6.78. The number of hydrogen-bond donors (Lipinski definition) is 2. The van der Waals surface area contributed by atoms with E-state index in [0.29, 0.717) is 11.5 Å². The first-order valence-electron chi connectivity index (χ1n) is 9.62. The number of hydrogen-bond acceptors (Lipinski definition) is 7. The molecule has 3 aromatic rings. The molecule has 1 aliphatic rings. The van der Waals surface area contributed by atoms with Gasteiger partial charge in [-0.2, -0.15) is 5.10 Å². The molecule has 160 valence electrons. The van der Waals surface area contributed by atoms with Gasteiger partial charge in [-0.3, -0.25) is 4.79 Å². The largest absolute Gasteiger partial charge is 0.467 e. The number of nitrogens with one attached hydrogen (secondary N) is 2. The Kier molecular flexibility index (Phi) is 5.72. The number of aryl methyl sites for hydroxylation is 1. The Morgan fingerprint density at radius 1 is 1.26 bits per heavy atom. The molecular weight excluding hydrogens is 420 g/mol. The summed E-state index contributed by atoms with van der Waals surface area (Å²) in [5, 5.41) is 9.73. The lowest BCUT2D eigenvalue weighted by Gasteiger charge is -2.28. The fourth-order valence-corrected chi connectivity index (χ4v) is 4.11. The van der Waals surface area contributed by atoms with E-state index in [1.807, 2.05) is 19.1 Å². The van der Waals surface area contributed by atoms with Crippen LogP contribution in [0.2, 0.25) is 0 Å². The number of thiophene rings is 1. The molecule has 9 nitrogen and oxygen atoms in total. The van der Waals surface area contributed by atoms with Crippen LogP contribution in [-0.4, -0.2) is 28.4 Å². The molecular formula is C21H20N4O5S. The molecule has 0 bridgehead atoms. The van der Waals surface area contributed by atoms with Crippen molar-refractivity contribution in [3.05, 3.63) is 74.9 Å². The standard InChI is InChI=1S/C21H20N4O5S/c1-3-29-20(27)18-14(22-21(28)23-19(18)15-5-4-10-30-15)11-25-17(26)9-7-13(24-25)16-8-6-12(2)31-16/h4-10,19H,3,11H2,1-2H3,(H2,22,23,28). The van der Waals surface area contributed by atoms with Crippen molar-refractivity contribution in [2.75, 3.05) is 6.61 Å². The Morgan fingerprint density at radius 2 is 2.10 bits per heavy atom. The molecule has 31 heavy (non-hydrogen) atoms. The van der Waals surface area contributed by atoms with Gasteiger partial charge in [0.15, 0.2) is 0 Å². The van der Waals surface area contributed by atoms with E-state index < -0.39 is 18.0 Å². The third-order valence-electron chi connectivity index (χ3n) is 4.64. The van der Waals surface area contributed by atoms with Crippen LogP contribution >= 0.6 is 11.3 Å². The number of urea groups is 1. The second-order valence-corrected chi connectivity index (χ2v) is 8.07. The highest BCUT2D eigenvalue weighted by Gasteiger charge is 2.35. The highest BCUT2D eigenvalue weighted by Crippen LogP contribution is 2.29. The van der Waals surface area contributed by atoms with Crippen LogP contribution in [0.3, 0.4) is 0 Å². The van der Waals surface area contributed by atoms with Gasteiger partial charge in [-0.05, 0) is 44.2 Å². The molecule has 3 aromatic heterocycles. The quantitative estimate of drug-likeness (QED) is 0.570. The zero-order valence-electron chi connectivity index (χ0n) is 16.9. The maximum Gasteiger partial charge on any atom is 0.338 e. The van der Waals surface area contributed by atoms with Gasteiger partial charge in [-0.25, -0.2) is 14.3 Å². The minimum absolute atomic E-state index is 0.115. The number of nitrogens with zero attached hydrogens (tertiary/aromatic N) is 2. The predicted octanol–water partition coefficient (Wildman–Crippen LogP) is 2.74. The van der Waals surface area contributed by atoms with Crippen molar-refractivity contribution in [3.8, 4) is 10.6 Å². The molecule has 1 aliphatic heterocycles. The summed E-state index contributed by atoms with van der Waals surface area (Å²) >= 11 is 1.56. The Labute approximate surface area is 181 Å². The minimum Gasteiger partial charge on any atom is -0.467 e. The van der Waals surface area contributed by atoms with Crippen LogP contribution in [0.4, 0.5) is 4.79 Å². The Bertz CT molecular complexity index is 1210. The van der Waals surface area contributed by atoms with Gasteiger partial charge >= 0.3 is 12.0 Å². The van der Waals surface area contributed by atoms with Crippen molar-refractivity contribution in [1.29, 1.82) is 0 Å². The zero-order valence-corrected chi connectivity index (χ0v) is 17.7. The molecule has 10 heteroatoms. The van der Waals surface area contributed by atoms with E-state index in [-0.39, 0.29) is 30.0 Å². The minimum atomic E-state index is -0.850. The highest BCUT2D eigenvalue weighted by atomic mass is 32.1. The maximum absolute atomic E-state index is 12.8. The van der Waals surface area contributed by atoms with Gasteiger partial charge in [0.05, 0.1) is 35.6 Å². The molecule has 0 aliphatic carbocycles. The third kappa shape index (κ3) is 4.29. The molecule has 4 heterocycles. The number of aromatic nitrogens is 2. The lowest BCUT2D eigenvalue weighted by Crippen LogP contribution is -2.47. The number of amides is 2. The lowest BCUT2D eigenvalue weighted by atomic mass is 10.00. The molecule has 0 saturated carbocycles. The monoisotopic (exact) mass is 440 g/mol. The fraction of sp³-hybridized carbons (Fsp3) is 0.238. The van der Waals surface area contributed by atoms with Crippen LogP contribution in [0.25, 0.3) is 10.6 Å². The smallest absolute Gasteiger partial charge is 0.338 e. The van der Waals surface area contributed by atoms with Crippen LogP contribution in [0.5, 0.6) is 0 Å². The molecule has 2 N–H and O–H groups in total. The number of furan rings is 1. The molecule has 2 amide bonds. The normalized spacial score (nSPS) is 16.1. The topological polar surface area (TPSA) is 115 Å². The Morgan fingerprint density at radius 3 is 2.77 bits per heavy atom. The summed E-state index contributed by atoms with van der Waals surface area (Å²) in [7, 11) is 0. The number of allylic oxidation sites excluding steroid dienone is 1. The molecule has 0 spiro atoms. The van der Waals surface area contributed by atoms with E-state index in [2.05, 4.69) is 15.7 Å². The van der Waals surface area contributed by atoms with Crippen LogP contribution in [-0.2, 0) is 16.1 Å². The van der Waals surface area contributed by atoms with E-state index in [9.17, 15) is 14.4 Å². The summed E-state index contributed by atoms with van der Waals surface area (Å²) in [6.45, 7) is 3.71. The molecule has 1 unspecified atom stereocenters. The predicted molar refractivity (Wildman–Crippen MR) is 113 cm³/mol. The van der Waals surface area contributed by atoms with E-state index in [0.717, 1.165) is 9.75 Å². The number of carbonyl (C=O) groups excluding carboxylic acids is 2. The van der Waals surface area contributed by atoms with Crippen molar-refractivity contribution in [3.63, 3.8) is 0 Å². The van der Waals surface area contributed by atoms with Crippen LogP contribution in [0, 0.1) is 6.92 Å². The Balaban J connectivity index is 1.78. The second kappa shape index (κ2) is 8.60. The highest BCUT2D eigenvalue weighted by molar-refractivity contribution is 7.15. The Hall–Kier alpha value is -3.66. The van der Waals surface area contributed by atoms with Crippen molar-refractivity contribution in [2.24, 2.45) is 0 Å². The molecule has 1 atom stereocenters. The average molecular weight is 440 g/mol. The summed E-state index contributed by atoms with van der Waals surface area (Å²) in [4.78, 5) is 39.6. The van der Waals surface area contributed by atoms with Crippen molar-refractivity contribution < 1.29 is 18.7 Å². The fourth-order valence-electron chi connectivity index (χ4n) is 3.28. The first-order chi connectivity index (χ1) is 15.0. The zero-order chi connectivity index (χ0) is 22.0. The van der Waals surface area contributed by atoms with Crippen molar-refractivity contribution >= 4 is 23.3 Å². The maximum atomic E-state index is 12.8. The summed E-state index contributed by atoms with van der Waals surface area (Å²) < 4.78 is 11.8. The number of esters is 1. The molecule has 0 fully saturated rings. The van der Waals surface area contributed by atoms with Crippen LogP contribution in [0.15, 0.2) is 63.1 Å². The van der Waals surface area contributed by atoms with Gasteiger partial charge in [-0.1, -0.05) is 0 Å². The number of ether oxygens (including phenoxy) is 1. The summed E-state index contributed by atoms with van der Waals surface area (Å²) in [5.41, 5.74) is 0.633. The average Bonchev–Trinajstić information content (AvgIpc) is 3.41. The first kappa shape index (κ1) is 20.6. The van der Waals surface area contributed by atoms with Crippen LogP contribution in [0.1, 0.15) is 23.6 Å². The summed E-state index contributed by atoms with van der Waals surface area (Å²) in [6, 6.07) is 8.90. The van der Waals surface area contributed by atoms with E-state index in [1.165, 1.54) is 17.0 Å². The van der Waals surface area contributed by atoms with E-state index in [4.69, 9.17) is 9.15 Å². The summed E-state index contributed by atoms with van der Waals surface area (Å²) in [5.74, 6) is -0.247. The van der Waals surface area contributed by atoms with E-state index in [1.54, 1.807) is 36.5 Å². The van der Waals surface area contributed by atoms with Gasteiger partial charge in [0, 0.05) is 10.9 Å². The van der Waals surface area contributed by atoms with Crippen LogP contribution < -0.4 is 16.2 Å². The lowest BCUT2D eigenvalue weighted by molar-refractivity contribution is -0.139. The number of carbonyl (C=O) groups is 2. The van der Waals surface area contributed by atoms with Crippen molar-refractivity contribution in [1.82, 2.24) is 20.4 Å². The third-order valence-corrected chi connectivity index (χ3v) is 5.67. The summed E-state index contributed by atoms with van der Waals surface area (Å²) in [6.07, 6.45) is 1.45. The first-order valence-corrected chi connectivity index (χ1v) is 10.4. The van der Waals surface area contributed by atoms with Gasteiger partial charge in [0.25, 0.3) is 5.56 Å². The molecule has 0 radical (unpaired) electrons. The van der Waals surface area contributed by atoms with Gasteiger partial charge < -0.3 is 19.8 Å². The molecule has 0 aromatic carbocycles. The molecule has 4 rings (SSSR count). The van der Waals surface area contributed by atoms with E-state index >= 15 is 0 Å². The molecule has 0 saturated heterocycles. The van der Waals surface area contributed by atoms with Gasteiger partial charge in [0.1, 0.15) is 17.5 Å². The van der Waals surface area contributed by atoms with Gasteiger partial charge in [0.2, 0.25) is 0 Å². The van der Waals surface area contributed by atoms with Crippen molar-refractivity contribution in [2.45, 2.75) is 26.4 Å².